The number of carbonyl (C=O) groups excluding carboxylic acids is 1. The van der Waals surface area contributed by atoms with Crippen molar-refractivity contribution in [3.8, 4) is 0 Å². The maximum absolute atomic E-state index is 11.8. The zero-order valence-corrected chi connectivity index (χ0v) is 12.1. The molecule has 4 nitrogen and oxygen atoms in total. The molecular formula is C13H24N2O2S. The summed E-state index contributed by atoms with van der Waals surface area (Å²) in [7, 11) is 1.59. The van der Waals surface area contributed by atoms with Crippen LogP contribution in [0.25, 0.3) is 0 Å². The van der Waals surface area contributed by atoms with E-state index >= 15 is 0 Å². The van der Waals surface area contributed by atoms with Crippen LogP contribution >= 0.6 is 12.2 Å². The van der Waals surface area contributed by atoms with Crippen LogP contribution < -0.4 is 11.1 Å². The maximum Gasteiger partial charge on any atom is 0.223 e. The van der Waals surface area contributed by atoms with Crippen LogP contribution in [0.15, 0.2) is 0 Å². The first kappa shape index (κ1) is 15.4. The average molecular weight is 272 g/mol. The SMILES string of the molecule is CCC1CCC(NC(=O)CCOC)(C(N)=S)CC1. The summed E-state index contributed by atoms with van der Waals surface area (Å²) in [6.07, 6.45) is 5.43. The lowest BCUT2D eigenvalue weighted by Gasteiger charge is -2.40. The second-order valence-corrected chi connectivity index (χ2v) is 5.53. The molecule has 0 aromatic rings. The minimum atomic E-state index is -0.466. The van der Waals surface area contributed by atoms with E-state index in [0.29, 0.717) is 18.0 Å². The Morgan fingerprint density at radius 2 is 2.11 bits per heavy atom. The second-order valence-electron chi connectivity index (χ2n) is 5.09. The molecule has 1 saturated carbocycles. The number of carbonyl (C=O) groups is 1. The summed E-state index contributed by atoms with van der Waals surface area (Å²) in [5.74, 6) is 0.711. The van der Waals surface area contributed by atoms with Gasteiger partial charge >= 0.3 is 0 Å². The van der Waals surface area contributed by atoms with Crippen LogP contribution in [0.5, 0.6) is 0 Å². The summed E-state index contributed by atoms with van der Waals surface area (Å²) in [6.45, 7) is 2.63. The molecule has 1 amide bonds. The van der Waals surface area contributed by atoms with Crippen molar-refractivity contribution in [1.29, 1.82) is 0 Å². The molecule has 0 radical (unpaired) electrons. The van der Waals surface area contributed by atoms with E-state index in [-0.39, 0.29) is 5.91 Å². The molecule has 0 bridgehead atoms. The van der Waals surface area contributed by atoms with Crippen molar-refractivity contribution in [1.82, 2.24) is 5.32 Å². The van der Waals surface area contributed by atoms with Crippen molar-refractivity contribution in [2.75, 3.05) is 13.7 Å². The van der Waals surface area contributed by atoms with Crippen LogP contribution in [0.1, 0.15) is 45.4 Å². The van der Waals surface area contributed by atoms with Crippen molar-refractivity contribution in [3.63, 3.8) is 0 Å². The summed E-state index contributed by atoms with van der Waals surface area (Å²) in [5.41, 5.74) is 5.39. The normalized spacial score (nSPS) is 27.8. The number of nitrogens with two attached hydrogens (primary N) is 1. The molecule has 0 aromatic heterocycles. The molecule has 104 valence electrons. The van der Waals surface area contributed by atoms with Crippen molar-refractivity contribution >= 4 is 23.1 Å². The van der Waals surface area contributed by atoms with Gasteiger partial charge in [-0.2, -0.15) is 0 Å². The third-order valence-corrected chi connectivity index (χ3v) is 4.31. The highest BCUT2D eigenvalue weighted by molar-refractivity contribution is 7.80. The van der Waals surface area contributed by atoms with Crippen LogP contribution in [0.2, 0.25) is 0 Å². The number of methoxy groups -OCH3 is 1. The topological polar surface area (TPSA) is 64.3 Å². The van der Waals surface area contributed by atoms with Crippen LogP contribution in [0.3, 0.4) is 0 Å². The molecule has 0 heterocycles. The Labute approximate surface area is 115 Å². The lowest BCUT2D eigenvalue weighted by molar-refractivity contribution is -0.123. The molecule has 18 heavy (non-hydrogen) atoms. The summed E-state index contributed by atoms with van der Waals surface area (Å²) >= 11 is 5.17. The van der Waals surface area contributed by atoms with Gasteiger partial charge in [0.25, 0.3) is 0 Å². The Morgan fingerprint density at radius 1 is 1.50 bits per heavy atom. The van der Waals surface area contributed by atoms with Crippen LogP contribution in [-0.4, -0.2) is 30.2 Å². The lowest BCUT2D eigenvalue weighted by Crippen LogP contribution is -2.58. The van der Waals surface area contributed by atoms with Gasteiger partial charge in [-0.05, 0) is 31.6 Å². The second kappa shape index (κ2) is 7.04. The Balaban J connectivity index is 2.60. The van der Waals surface area contributed by atoms with Crippen molar-refractivity contribution in [3.05, 3.63) is 0 Å². The summed E-state index contributed by atoms with van der Waals surface area (Å²) < 4.78 is 4.90. The molecule has 0 aromatic carbocycles. The van der Waals surface area contributed by atoms with Crippen LogP contribution in [0, 0.1) is 5.92 Å². The molecule has 0 spiro atoms. The van der Waals surface area contributed by atoms with Gasteiger partial charge in [-0.15, -0.1) is 0 Å². The van der Waals surface area contributed by atoms with E-state index in [0.717, 1.165) is 31.6 Å². The van der Waals surface area contributed by atoms with E-state index in [1.807, 2.05) is 0 Å². The minimum Gasteiger partial charge on any atom is -0.391 e. The fourth-order valence-corrected chi connectivity index (χ4v) is 2.79. The molecule has 1 aliphatic rings. The third-order valence-electron chi connectivity index (χ3n) is 3.92. The van der Waals surface area contributed by atoms with Gasteiger partial charge in [0.05, 0.1) is 17.1 Å². The monoisotopic (exact) mass is 272 g/mol. The molecule has 1 fully saturated rings. The van der Waals surface area contributed by atoms with E-state index in [1.54, 1.807) is 7.11 Å². The highest BCUT2D eigenvalue weighted by Gasteiger charge is 2.38. The first-order chi connectivity index (χ1) is 8.54. The van der Waals surface area contributed by atoms with Crippen LogP contribution in [-0.2, 0) is 9.53 Å². The van der Waals surface area contributed by atoms with E-state index in [9.17, 15) is 4.79 Å². The third kappa shape index (κ3) is 3.92. The first-order valence-corrected chi connectivity index (χ1v) is 7.04. The van der Waals surface area contributed by atoms with Gasteiger partial charge in [0.2, 0.25) is 5.91 Å². The molecule has 0 saturated heterocycles. The Hall–Kier alpha value is -0.680. The van der Waals surface area contributed by atoms with Gasteiger partial charge in [-0.1, -0.05) is 25.6 Å². The molecule has 0 aliphatic heterocycles. The minimum absolute atomic E-state index is 0.0281. The summed E-state index contributed by atoms with van der Waals surface area (Å²) in [5, 5.41) is 3.03. The Morgan fingerprint density at radius 3 is 2.56 bits per heavy atom. The predicted octanol–water partition coefficient (Wildman–Crippen LogP) is 1.76. The smallest absolute Gasteiger partial charge is 0.223 e. The van der Waals surface area contributed by atoms with Crippen molar-refractivity contribution in [2.45, 2.75) is 51.0 Å². The molecule has 1 rings (SSSR count). The standard InChI is InChI=1S/C13H24N2O2S/c1-3-10-4-7-13(8-5-10,12(14)18)15-11(16)6-9-17-2/h10H,3-9H2,1-2H3,(H2,14,18)(H,15,16). The molecular weight excluding hydrogens is 248 g/mol. The molecule has 0 atom stereocenters. The predicted molar refractivity (Wildman–Crippen MR) is 76.4 cm³/mol. The lowest BCUT2D eigenvalue weighted by atomic mass is 9.75. The Bertz CT molecular complexity index is 299. The zero-order valence-electron chi connectivity index (χ0n) is 11.3. The molecule has 1 aliphatic carbocycles. The number of ether oxygens (including phenoxy) is 1. The quantitative estimate of drug-likeness (QED) is 0.723. The van der Waals surface area contributed by atoms with Gasteiger partial charge in [-0.25, -0.2) is 0 Å². The van der Waals surface area contributed by atoms with Gasteiger partial charge in [0.1, 0.15) is 0 Å². The molecule has 0 unspecified atom stereocenters. The zero-order chi connectivity index (χ0) is 13.6. The van der Waals surface area contributed by atoms with Crippen LogP contribution in [0.4, 0.5) is 0 Å². The Kier molecular flexibility index (Phi) is 6.02. The fraction of sp³-hybridized carbons (Fsp3) is 0.846. The number of hydrogen-bond donors (Lipinski definition) is 2. The number of rotatable bonds is 6. The summed E-state index contributed by atoms with van der Waals surface area (Å²) in [6, 6.07) is 0. The number of amides is 1. The average Bonchev–Trinajstić information content (AvgIpc) is 2.37. The van der Waals surface area contributed by atoms with Crippen molar-refractivity contribution < 1.29 is 9.53 Å². The maximum atomic E-state index is 11.8. The number of hydrogen-bond acceptors (Lipinski definition) is 3. The van der Waals surface area contributed by atoms with E-state index in [2.05, 4.69) is 12.2 Å². The molecule has 3 N–H and O–H groups in total. The fourth-order valence-electron chi connectivity index (χ4n) is 2.54. The van der Waals surface area contributed by atoms with Gasteiger partial charge < -0.3 is 15.8 Å². The first-order valence-electron chi connectivity index (χ1n) is 6.64. The van der Waals surface area contributed by atoms with E-state index in [4.69, 9.17) is 22.7 Å². The largest absolute Gasteiger partial charge is 0.391 e. The van der Waals surface area contributed by atoms with E-state index in [1.165, 1.54) is 6.42 Å². The van der Waals surface area contributed by atoms with Crippen molar-refractivity contribution in [2.24, 2.45) is 11.7 Å². The number of thiocarbonyl (C=S) groups is 1. The van der Waals surface area contributed by atoms with Gasteiger partial charge in [0, 0.05) is 13.5 Å². The summed E-state index contributed by atoms with van der Waals surface area (Å²) in [4.78, 5) is 12.2. The highest BCUT2D eigenvalue weighted by Crippen LogP contribution is 2.34. The van der Waals surface area contributed by atoms with Gasteiger partial charge in [-0.3, -0.25) is 4.79 Å². The van der Waals surface area contributed by atoms with Gasteiger partial charge in [0.15, 0.2) is 0 Å². The highest BCUT2D eigenvalue weighted by atomic mass is 32.1. The van der Waals surface area contributed by atoms with E-state index < -0.39 is 5.54 Å². The molecule has 5 heteroatoms. The number of nitrogens with one attached hydrogen (secondary N) is 1.